The number of hydrogen-bond donors (Lipinski definition) is 0. The highest BCUT2D eigenvalue weighted by molar-refractivity contribution is 5.31. The van der Waals surface area contributed by atoms with E-state index in [1.54, 1.807) is 0 Å². The summed E-state index contributed by atoms with van der Waals surface area (Å²) in [4.78, 5) is 2.71. The average molecular weight is 316 g/mol. The molecule has 2 nitrogen and oxygen atoms in total. The molecule has 1 aromatic rings. The molecular weight excluding hydrogens is 282 g/mol. The smallest absolute Gasteiger partial charge is 0.119 e. The predicted molar refractivity (Wildman–Crippen MR) is 97.2 cm³/mol. The Hall–Kier alpha value is -1.02. The van der Waals surface area contributed by atoms with Crippen LogP contribution in [0.4, 0.5) is 0 Å². The largest absolute Gasteiger partial charge is 0.492 e. The highest BCUT2D eigenvalue weighted by Crippen LogP contribution is 2.35. The first kappa shape index (κ1) is 16.8. The summed E-state index contributed by atoms with van der Waals surface area (Å²) in [6.07, 6.45) is 8.57. The Kier molecular flexibility index (Phi) is 5.31. The Balaban J connectivity index is 1.49. The first-order valence-electron chi connectivity index (χ1n) is 9.51. The SMILES string of the molecule is CC(C)(C)c1ccc(OCCN2CCCC3CCCCC32)cc1. The first-order chi connectivity index (χ1) is 11.0. The van der Waals surface area contributed by atoms with Crippen LogP contribution >= 0.6 is 0 Å². The minimum absolute atomic E-state index is 0.211. The van der Waals surface area contributed by atoms with Gasteiger partial charge < -0.3 is 4.74 Å². The Morgan fingerprint density at radius 3 is 2.43 bits per heavy atom. The topological polar surface area (TPSA) is 12.5 Å². The molecular formula is C21H33NO. The molecule has 1 saturated heterocycles. The van der Waals surface area contributed by atoms with E-state index >= 15 is 0 Å². The third-order valence-corrected chi connectivity index (χ3v) is 5.73. The van der Waals surface area contributed by atoms with E-state index in [9.17, 15) is 0 Å². The summed E-state index contributed by atoms with van der Waals surface area (Å²) in [5.41, 5.74) is 1.58. The highest BCUT2D eigenvalue weighted by atomic mass is 16.5. The van der Waals surface area contributed by atoms with Crippen molar-refractivity contribution in [1.82, 2.24) is 4.90 Å². The Labute approximate surface area is 142 Å². The van der Waals surface area contributed by atoms with Crippen molar-refractivity contribution < 1.29 is 4.74 Å². The van der Waals surface area contributed by atoms with Crippen molar-refractivity contribution in [3.63, 3.8) is 0 Å². The van der Waals surface area contributed by atoms with Crippen molar-refractivity contribution >= 4 is 0 Å². The maximum Gasteiger partial charge on any atom is 0.119 e. The van der Waals surface area contributed by atoms with Crippen molar-refractivity contribution in [2.45, 2.75) is 70.8 Å². The molecule has 0 bridgehead atoms. The maximum atomic E-state index is 6.01. The zero-order valence-corrected chi connectivity index (χ0v) is 15.2. The monoisotopic (exact) mass is 315 g/mol. The van der Waals surface area contributed by atoms with E-state index in [2.05, 4.69) is 49.9 Å². The molecule has 2 fully saturated rings. The lowest BCUT2D eigenvalue weighted by molar-refractivity contribution is 0.0501. The normalized spacial score (nSPS) is 25.9. The summed E-state index contributed by atoms with van der Waals surface area (Å²) < 4.78 is 6.01. The number of rotatable bonds is 4. The highest BCUT2D eigenvalue weighted by Gasteiger charge is 2.32. The number of hydrogen-bond acceptors (Lipinski definition) is 2. The van der Waals surface area contributed by atoms with Crippen molar-refractivity contribution in [1.29, 1.82) is 0 Å². The number of nitrogens with zero attached hydrogens (tertiary/aromatic N) is 1. The molecule has 1 aliphatic heterocycles. The van der Waals surface area contributed by atoms with E-state index in [0.29, 0.717) is 0 Å². The minimum atomic E-state index is 0.211. The zero-order valence-electron chi connectivity index (χ0n) is 15.2. The van der Waals surface area contributed by atoms with Crippen LogP contribution in [-0.2, 0) is 5.41 Å². The summed E-state index contributed by atoms with van der Waals surface area (Å²) in [6, 6.07) is 9.49. The van der Waals surface area contributed by atoms with Gasteiger partial charge in [0.15, 0.2) is 0 Å². The van der Waals surface area contributed by atoms with Crippen molar-refractivity contribution in [2.24, 2.45) is 5.92 Å². The quantitative estimate of drug-likeness (QED) is 0.773. The molecule has 0 radical (unpaired) electrons. The summed E-state index contributed by atoms with van der Waals surface area (Å²) in [5, 5.41) is 0. The summed E-state index contributed by atoms with van der Waals surface area (Å²) in [6.45, 7) is 9.92. The van der Waals surface area contributed by atoms with Crippen LogP contribution in [0.15, 0.2) is 24.3 Å². The maximum absolute atomic E-state index is 6.01. The molecule has 128 valence electrons. The van der Waals surface area contributed by atoms with Crippen molar-refractivity contribution in [3.8, 4) is 5.75 Å². The van der Waals surface area contributed by atoms with Gasteiger partial charge in [0, 0.05) is 12.6 Å². The summed E-state index contributed by atoms with van der Waals surface area (Å²) in [5.74, 6) is 1.97. The number of fused-ring (bicyclic) bond motifs is 1. The molecule has 2 unspecified atom stereocenters. The van der Waals surface area contributed by atoms with Crippen LogP contribution in [0.25, 0.3) is 0 Å². The van der Waals surface area contributed by atoms with Crippen LogP contribution in [0.3, 0.4) is 0 Å². The van der Waals surface area contributed by atoms with E-state index < -0.39 is 0 Å². The average Bonchev–Trinajstić information content (AvgIpc) is 2.55. The van der Waals surface area contributed by atoms with Gasteiger partial charge in [-0.3, -0.25) is 4.90 Å². The van der Waals surface area contributed by atoms with Crippen LogP contribution in [0, 0.1) is 5.92 Å². The Bertz CT molecular complexity index is 486. The van der Waals surface area contributed by atoms with Crippen molar-refractivity contribution in [2.75, 3.05) is 19.7 Å². The van der Waals surface area contributed by atoms with Crippen LogP contribution in [0.2, 0.25) is 0 Å². The molecule has 1 aromatic carbocycles. The number of likely N-dealkylation sites (tertiary alicyclic amines) is 1. The molecule has 0 aromatic heterocycles. The van der Waals surface area contributed by atoms with E-state index in [1.807, 2.05) is 0 Å². The lowest BCUT2D eigenvalue weighted by Crippen LogP contribution is -2.48. The fourth-order valence-corrected chi connectivity index (χ4v) is 4.34. The van der Waals surface area contributed by atoms with Gasteiger partial charge >= 0.3 is 0 Å². The second kappa shape index (κ2) is 7.25. The second-order valence-corrected chi connectivity index (χ2v) is 8.41. The lowest BCUT2D eigenvalue weighted by atomic mass is 9.78. The van der Waals surface area contributed by atoms with Crippen LogP contribution in [0.1, 0.15) is 64.9 Å². The fraction of sp³-hybridized carbons (Fsp3) is 0.714. The number of piperidine rings is 1. The minimum Gasteiger partial charge on any atom is -0.492 e. The van der Waals surface area contributed by atoms with Gasteiger partial charge in [-0.25, -0.2) is 0 Å². The predicted octanol–water partition coefficient (Wildman–Crippen LogP) is 5.02. The summed E-state index contributed by atoms with van der Waals surface area (Å²) in [7, 11) is 0. The lowest BCUT2D eigenvalue weighted by Gasteiger charge is -2.44. The first-order valence-corrected chi connectivity index (χ1v) is 9.51. The van der Waals surface area contributed by atoms with Crippen molar-refractivity contribution in [3.05, 3.63) is 29.8 Å². The molecule has 2 atom stereocenters. The molecule has 3 rings (SSSR count). The molecule has 0 N–H and O–H groups in total. The molecule has 1 aliphatic carbocycles. The van der Waals surface area contributed by atoms with Gasteiger partial charge in [-0.05, 0) is 61.3 Å². The molecule has 2 heteroatoms. The zero-order chi connectivity index (χ0) is 16.3. The van der Waals surface area contributed by atoms with Crippen LogP contribution < -0.4 is 4.74 Å². The molecule has 0 spiro atoms. The molecule has 1 heterocycles. The molecule has 23 heavy (non-hydrogen) atoms. The van der Waals surface area contributed by atoms with Crippen LogP contribution in [0.5, 0.6) is 5.75 Å². The van der Waals surface area contributed by atoms with E-state index in [1.165, 1.54) is 50.6 Å². The fourth-order valence-electron chi connectivity index (χ4n) is 4.34. The van der Waals surface area contributed by atoms with E-state index in [4.69, 9.17) is 4.74 Å². The molecule has 0 amide bonds. The van der Waals surface area contributed by atoms with Gasteiger partial charge in [0.05, 0.1) is 0 Å². The van der Waals surface area contributed by atoms with Crippen LogP contribution in [-0.4, -0.2) is 30.6 Å². The Morgan fingerprint density at radius 1 is 1.00 bits per heavy atom. The second-order valence-electron chi connectivity index (χ2n) is 8.41. The van der Waals surface area contributed by atoms with E-state index in [-0.39, 0.29) is 5.41 Å². The number of benzene rings is 1. The third-order valence-electron chi connectivity index (χ3n) is 5.73. The van der Waals surface area contributed by atoms with Gasteiger partial charge in [0.1, 0.15) is 12.4 Å². The standard InChI is InChI=1S/C21H33NO/c1-21(2,3)18-10-12-19(13-11-18)23-16-15-22-14-6-8-17-7-4-5-9-20(17)22/h10-13,17,20H,4-9,14-16H2,1-3H3. The van der Waals surface area contributed by atoms with Gasteiger partial charge in [-0.15, -0.1) is 0 Å². The summed E-state index contributed by atoms with van der Waals surface area (Å²) >= 11 is 0. The van der Waals surface area contributed by atoms with Gasteiger partial charge in [0.2, 0.25) is 0 Å². The third kappa shape index (κ3) is 4.29. The van der Waals surface area contributed by atoms with E-state index in [0.717, 1.165) is 30.9 Å². The number of ether oxygens (including phenoxy) is 1. The van der Waals surface area contributed by atoms with Gasteiger partial charge in [0.25, 0.3) is 0 Å². The Morgan fingerprint density at radius 2 is 1.70 bits per heavy atom. The molecule has 2 aliphatic rings. The van der Waals surface area contributed by atoms with Gasteiger partial charge in [-0.1, -0.05) is 45.7 Å². The van der Waals surface area contributed by atoms with Gasteiger partial charge in [-0.2, -0.15) is 0 Å². The molecule has 1 saturated carbocycles.